The molecule has 16 heavy (non-hydrogen) atoms. The molecule has 1 aliphatic heterocycles. The lowest BCUT2D eigenvalue weighted by Crippen LogP contribution is -2.38. The fourth-order valence-electron chi connectivity index (χ4n) is 2.18. The summed E-state index contributed by atoms with van der Waals surface area (Å²) in [5, 5.41) is 9.58. The van der Waals surface area contributed by atoms with Crippen LogP contribution in [0, 0.1) is 0 Å². The first-order valence-corrected chi connectivity index (χ1v) is 5.87. The molecule has 0 atom stereocenters. The lowest BCUT2D eigenvalue weighted by atomic mass is 10.2. The Labute approximate surface area is 97.3 Å². The molecule has 0 saturated heterocycles. The van der Waals surface area contributed by atoms with Gasteiger partial charge in [0.2, 0.25) is 0 Å². The van der Waals surface area contributed by atoms with Crippen molar-refractivity contribution in [2.45, 2.75) is 39.8 Å². The summed E-state index contributed by atoms with van der Waals surface area (Å²) in [6.07, 6.45) is 0. The molecule has 88 valence electrons. The zero-order valence-corrected chi connectivity index (χ0v) is 10.4. The second kappa shape index (κ2) is 3.89. The van der Waals surface area contributed by atoms with Crippen molar-refractivity contribution in [1.29, 1.82) is 0 Å². The van der Waals surface area contributed by atoms with E-state index in [2.05, 4.69) is 37.5 Å². The Bertz CT molecular complexity index is 388. The number of benzene rings is 1. The minimum atomic E-state index is 0.343. The van der Waals surface area contributed by atoms with E-state index in [9.17, 15) is 5.11 Å². The van der Waals surface area contributed by atoms with Gasteiger partial charge in [-0.2, -0.15) is 0 Å². The number of anilines is 2. The van der Waals surface area contributed by atoms with Crippen molar-refractivity contribution in [2.75, 3.05) is 16.5 Å². The van der Waals surface area contributed by atoms with Crippen LogP contribution in [0.25, 0.3) is 0 Å². The van der Waals surface area contributed by atoms with Crippen molar-refractivity contribution in [1.82, 2.24) is 0 Å². The Hall–Kier alpha value is -1.38. The van der Waals surface area contributed by atoms with Crippen LogP contribution < -0.4 is 9.80 Å². The molecular weight excluding hydrogens is 200 g/mol. The van der Waals surface area contributed by atoms with Gasteiger partial charge in [-0.1, -0.05) is 0 Å². The highest BCUT2D eigenvalue weighted by Crippen LogP contribution is 2.40. The van der Waals surface area contributed by atoms with Crippen molar-refractivity contribution in [3.05, 3.63) is 18.2 Å². The zero-order valence-electron chi connectivity index (χ0n) is 10.4. The van der Waals surface area contributed by atoms with Gasteiger partial charge >= 0.3 is 0 Å². The summed E-state index contributed by atoms with van der Waals surface area (Å²) in [7, 11) is 0. The molecule has 0 saturated carbocycles. The van der Waals surface area contributed by atoms with Crippen LogP contribution in [0.2, 0.25) is 0 Å². The molecule has 1 aliphatic rings. The number of phenolic OH excluding ortho intramolecular Hbond substituents is 1. The standard InChI is InChI=1S/C13H20N2O/c1-9(2)14-8-15(10(3)4)13-7-11(16)5-6-12(13)14/h5-7,9-10,16H,8H2,1-4H3. The van der Waals surface area contributed by atoms with Crippen molar-refractivity contribution in [2.24, 2.45) is 0 Å². The molecule has 0 amide bonds. The van der Waals surface area contributed by atoms with E-state index in [0.29, 0.717) is 17.8 Å². The molecule has 1 aromatic carbocycles. The van der Waals surface area contributed by atoms with Crippen LogP contribution in [0.4, 0.5) is 11.4 Å². The van der Waals surface area contributed by atoms with Gasteiger partial charge in [0.25, 0.3) is 0 Å². The summed E-state index contributed by atoms with van der Waals surface area (Å²) in [6.45, 7) is 9.66. The number of hydrogen-bond acceptors (Lipinski definition) is 3. The van der Waals surface area contributed by atoms with Gasteiger partial charge in [0.1, 0.15) is 5.75 Å². The van der Waals surface area contributed by atoms with E-state index in [0.717, 1.165) is 12.4 Å². The van der Waals surface area contributed by atoms with Gasteiger partial charge in [-0.25, -0.2) is 0 Å². The molecule has 3 nitrogen and oxygen atoms in total. The number of hydrogen-bond donors (Lipinski definition) is 1. The zero-order chi connectivity index (χ0) is 11.9. The van der Waals surface area contributed by atoms with Crippen molar-refractivity contribution >= 4 is 11.4 Å². The third-order valence-corrected chi connectivity index (χ3v) is 3.13. The van der Waals surface area contributed by atoms with Crippen LogP contribution >= 0.6 is 0 Å². The number of nitrogens with zero attached hydrogens (tertiary/aromatic N) is 2. The quantitative estimate of drug-likeness (QED) is 0.830. The maximum atomic E-state index is 9.58. The van der Waals surface area contributed by atoms with Crippen LogP contribution in [0.3, 0.4) is 0 Å². The monoisotopic (exact) mass is 220 g/mol. The minimum Gasteiger partial charge on any atom is -0.508 e. The van der Waals surface area contributed by atoms with Gasteiger partial charge < -0.3 is 14.9 Å². The second-order valence-electron chi connectivity index (χ2n) is 4.94. The van der Waals surface area contributed by atoms with Crippen LogP contribution in [0.1, 0.15) is 27.7 Å². The molecular formula is C13H20N2O. The summed E-state index contributed by atoms with van der Waals surface area (Å²) in [5.74, 6) is 0.343. The predicted molar refractivity (Wildman–Crippen MR) is 68.2 cm³/mol. The van der Waals surface area contributed by atoms with E-state index in [4.69, 9.17) is 0 Å². The Morgan fingerprint density at radius 1 is 1.00 bits per heavy atom. The average molecular weight is 220 g/mol. The van der Waals surface area contributed by atoms with Crippen molar-refractivity contribution in [3.8, 4) is 5.75 Å². The molecule has 0 spiro atoms. The molecule has 1 N–H and O–H groups in total. The van der Waals surface area contributed by atoms with Gasteiger partial charge in [-0.3, -0.25) is 0 Å². The third-order valence-electron chi connectivity index (χ3n) is 3.13. The Balaban J connectivity index is 2.44. The topological polar surface area (TPSA) is 26.7 Å². The van der Waals surface area contributed by atoms with E-state index < -0.39 is 0 Å². The fourth-order valence-corrected chi connectivity index (χ4v) is 2.18. The minimum absolute atomic E-state index is 0.343. The van der Waals surface area contributed by atoms with Gasteiger partial charge in [-0.15, -0.1) is 0 Å². The summed E-state index contributed by atoms with van der Waals surface area (Å²) in [6, 6.07) is 6.55. The van der Waals surface area contributed by atoms with Gasteiger partial charge in [0.15, 0.2) is 0 Å². The van der Waals surface area contributed by atoms with Crippen LogP contribution in [-0.2, 0) is 0 Å². The van der Waals surface area contributed by atoms with Gasteiger partial charge in [0.05, 0.1) is 18.0 Å². The normalized spacial score (nSPS) is 15.1. The predicted octanol–water partition coefficient (Wildman–Crippen LogP) is 2.79. The molecule has 0 fully saturated rings. The first kappa shape index (κ1) is 11.1. The number of aromatic hydroxyl groups is 1. The van der Waals surface area contributed by atoms with E-state index in [-0.39, 0.29) is 0 Å². The molecule has 0 unspecified atom stereocenters. The Kier molecular flexibility index (Phi) is 2.70. The summed E-state index contributed by atoms with van der Waals surface area (Å²) >= 11 is 0. The van der Waals surface area contributed by atoms with Crippen molar-refractivity contribution < 1.29 is 5.11 Å². The summed E-state index contributed by atoms with van der Waals surface area (Å²) in [4.78, 5) is 4.67. The Morgan fingerprint density at radius 2 is 1.56 bits per heavy atom. The third kappa shape index (κ3) is 1.70. The lowest BCUT2D eigenvalue weighted by molar-refractivity contribution is 0.475. The maximum Gasteiger partial charge on any atom is 0.117 e. The van der Waals surface area contributed by atoms with Crippen molar-refractivity contribution in [3.63, 3.8) is 0 Å². The van der Waals surface area contributed by atoms with E-state index in [1.807, 2.05) is 12.1 Å². The van der Waals surface area contributed by atoms with Gasteiger partial charge in [-0.05, 0) is 39.8 Å². The molecule has 1 aromatic rings. The molecule has 0 aromatic heterocycles. The fraction of sp³-hybridized carbons (Fsp3) is 0.538. The van der Waals surface area contributed by atoms with Crippen LogP contribution in [0.5, 0.6) is 5.75 Å². The van der Waals surface area contributed by atoms with Crippen LogP contribution in [0.15, 0.2) is 18.2 Å². The largest absolute Gasteiger partial charge is 0.508 e. The van der Waals surface area contributed by atoms with Crippen LogP contribution in [-0.4, -0.2) is 23.9 Å². The molecule has 0 aliphatic carbocycles. The van der Waals surface area contributed by atoms with E-state index in [1.54, 1.807) is 6.07 Å². The smallest absolute Gasteiger partial charge is 0.117 e. The SMILES string of the molecule is CC(C)N1CN(C(C)C)c2cc(O)ccc21. The highest BCUT2D eigenvalue weighted by Gasteiger charge is 2.28. The van der Waals surface area contributed by atoms with E-state index in [1.165, 1.54) is 5.69 Å². The highest BCUT2D eigenvalue weighted by molar-refractivity contribution is 5.78. The summed E-state index contributed by atoms with van der Waals surface area (Å²) in [5.41, 5.74) is 2.37. The Morgan fingerprint density at radius 3 is 2.12 bits per heavy atom. The molecule has 0 radical (unpaired) electrons. The lowest BCUT2D eigenvalue weighted by Gasteiger charge is -2.27. The number of rotatable bonds is 2. The number of fused-ring (bicyclic) bond motifs is 1. The molecule has 1 heterocycles. The van der Waals surface area contributed by atoms with Gasteiger partial charge in [0, 0.05) is 18.2 Å². The molecule has 3 heteroatoms. The highest BCUT2D eigenvalue weighted by atomic mass is 16.3. The van der Waals surface area contributed by atoms with E-state index >= 15 is 0 Å². The average Bonchev–Trinajstić information content (AvgIpc) is 2.56. The maximum absolute atomic E-state index is 9.58. The first-order chi connectivity index (χ1) is 7.50. The molecule has 0 bridgehead atoms. The first-order valence-electron chi connectivity index (χ1n) is 5.87. The number of phenols is 1. The summed E-state index contributed by atoms with van der Waals surface area (Å²) < 4.78 is 0. The molecule has 2 rings (SSSR count). The second-order valence-corrected chi connectivity index (χ2v) is 4.94.